The molecule has 110 valence electrons. The Labute approximate surface area is 125 Å². The first kappa shape index (κ1) is 14.1. The fourth-order valence-corrected chi connectivity index (χ4v) is 4.43. The summed E-state index contributed by atoms with van der Waals surface area (Å²) in [4.78, 5) is 12.2. The van der Waals surface area contributed by atoms with Crippen LogP contribution in [0.5, 0.6) is 0 Å². The van der Waals surface area contributed by atoms with Crippen molar-refractivity contribution < 1.29 is 4.79 Å². The monoisotopic (exact) mass is 292 g/mol. The molecule has 3 atom stereocenters. The number of hydrogen-bond acceptors (Lipinski definition) is 3. The van der Waals surface area contributed by atoms with Crippen LogP contribution in [-0.2, 0) is 11.2 Å². The molecule has 4 heteroatoms. The van der Waals surface area contributed by atoms with Gasteiger partial charge in [0.25, 0.3) is 0 Å². The highest BCUT2D eigenvalue weighted by Crippen LogP contribution is 2.32. The summed E-state index contributed by atoms with van der Waals surface area (Å²) in [6, 6.07) is 3.72. The number of nitrogens with one attached hydrogen (secondary N) is 2. The van der Waals surface area contributed by atoms with Crippen LogP contribution in [0.1, 0.15) is 44.6 Å². The summed E-state index contributed by atoms with van der Waals surface area (Å²) in [6.45, 7) is 2.10. The molecule has 0 radical (unpaired) electrons. The zero-order chi connectivity index (χ0) is 13.9. The average molecular weight is 292 g/mol. The van der Waals surface area contributed by atoms with E-state index in [0.717, 1.165) is 6.42 Å². The van der Waals surface area contributed by atoms with Crippen LogP contribution in [0.3, 0.4) is 0 Å². The van der Waals surface area contributed by atoms with Crippen LogP contribution < -0.4 is 10.6 Å². The van der Waals surface area contributed by atoms with Gasteiger partial charge in [0.2, 0.25) is 5.91 Å². The lowest BCUT2D eigenvalue weighted by Gasteiger charge is -2.29. The average Bonchev–Trinajstić information content (AvgIpc) is 2.99. The van der Waals surface area contributed by atoms with Crippen molar-refractivity contribution in [3.8, 4) is 0 Å². The standard InChI is InChI=1S/C16H24N2OS/c1-11(6-12-4-5-20-10-12)17-16(19)9-13-7-14-2-3-15(8-13)18-14/h4-5,10-11,13-15,18H,2-3,6-9H2,1H3,(H,17,19). The molecule has 2 bridgehead atoms. The molecule has 1 aromatic heterocycles. The largest absolute Gasteiger partial charge is 0.353 e. The number of carbonyl (C=O) groups is 1. The molecule has 0 spiro atoms. The van der Waals surface area contributed by atoms with Gasteiger partial charge in [-0.1, -0.05) is 0 Å². The van der Waals surface area contributed by atoms with Crippen molar-refractivity contribution in [2.45, 2.75) is 63.6 Å². The zero-order valence-corrected chi connectivity index (χ0v) is 12.9. The Bertz CT molecular complexity index is 433. The number of hydrogen-bond donors (Lipinski definition) is 2. The molecule has 2 saturated heterocycles. The van der Waals surface area contributed by atoms with E-state index in [9.17, 15) is 4.79 Å². The molecule has 2 fully saturated rings. The van der Waals surface area contributed by atoms with Crippen molar-refractivity contribution in [2.75, 3.05) is 0 Å². The molecule has 3 rings (SSSR count). The van der Waals surface area contributed by atoms with E-state index in [0.29, 0.717) is 24.4 Å². The molecular formula is C16H24N2OS. The lowest BCUT2D eigenvalue weighted by Crippen LogP contribution is -2.41. The maximum Gasteiger partial charge on any atom is 0.220 e. The molecule has 20 heavy (non-hydrogen) atoms. The van der Waals surface area contributed by atoms with E-state index in [4.69, 9.17) is 0 Å². The van der Waals surface area contributed by atoms with Crippen molar-refractivity contribution in [1.82, 2.24) is 10.6 Å². The Hall–Kier alpha value is -0.870. The summed E-state index contributed by atoms with van der Waals surface area (Å²) < 4.78 is 0. The van der Waals surface area contributed by atoms with E-state index >= 15 is 0 Å². The van der Waals surface area contributed by atoms with Gasteiger partial charge in [-0.15, -0.1) is 0 Å². The lowest BCUT2D eigenvalue weighted by atomic mass is 9.89. The van der Waals surface area contributed by atoms with Crippen molar-refractivity contribution in [3.63, 3.8) is 0 Å². The van der Waals surface area contributed by atoms with E-state index < -0.39 is 0 Å². The van der Waals surface area contributed by atoms with Gasteiger partial charge in [-0.25, -0.2) is 0 Å². The Balaban J connectivity index is 1.42. The number of fused-ring (bicyclic) bond motifs is 2. The topological polar surface area (TPSA) is 41.1 Å². The SMILES string of the molecule is CC(Cc1ccsc1)NC(=O)CC1CC2CCC(C1)N2. The summed E-state index contributed by atoms with van der Waals surface area (Å²) >= 11 is 1.72. The van der Waals surface area contributed by atoms with Crippen LogP contribution in [0.15, 0.2) is 16.8 Å². The minimum atomic E-state index is 0.232. The molecule has 2 N–H and O–H groups in total. The molecule has 0 saturated carbocycles. The zero-order valence-electron chi connectivity index (χ0n) is 12.1. The Morgan fingerprint density at radius 1 is 1.45 bits per heavy atom. The molecule has 2 aliphatic heterocycles. The quantitative estimate of drug-likeness (QED) is 0.876. The Morgan fingerprint density at radius 3 is 2.85 bits per heavy atom. The minimum absolute atomic E-state index is 0.232. The maximum atomic E-state index is 12.2. The fourth-order valence-electron chi connectivity index (χ4n) is 3.75. The second-order valence-corrected chi connectivity index (χ2v) is 7.26. The molecule has 1 amide bonds. The van der Waals surface area contributed by atoms with Gasteiger partial charge in [0.05, 0.1) is 0 Å². The summed E-state index contributed by atoms with van der Waals surface area (Å²) in [7, 11) is 0. The molecule has 0 aromatic carbocycles. The van der Waals surface area contributed by atoms with Crippen LogP contribution in [-0.4, -0.2) is 24.0 Å². The van der Waals surface area contributed by atoms with Gasteiger partial charge >= 0.3 is 0 Å². The van der Waals surface area contributed by atoms with E-state index in [1.165, 1.54) is 31.2 Å². The summed E-state index contributed by atoms with van der Waals surface area (Å²) in [5.74, 6) is 0.820. The first-order chi connectivity index (χ1) is 9.69. The van der Waals surface area contributed by atoms with Crippen LogP contribution in [0.4, 0.5) is 0 Å². The first-order valence-corrected chi connectivity index (χ1v) is 8.70. The van der Waals surface area contributed by atoms with Crippen molar-refractivity contribution in [1.29, 1.82) is 0 Å². The van der Waals surface area contributed by atoms with Gasteiger partial charge < -0.3 is 10.6 Å². The number of rotatable bonds is 5. The number of amides is 1. The molecule has 3 unspecified atom stereocenters. The van der Waals surface area contributed by atoms with Crippen molar-refractivity contribution in [3.05, 3.63) is 22.4 Å². The van der Waals surface area contributed by atoms with Crippen molar-refractivity contribution in [2.24, 2.45) is 5.92 Å². The predicted octanol–water partition coefficient (Wildman–Crippen LogP) is 2.72. The molecule has 3 heterocycles. The van der Waals surface area contributed by atoms with E-state index in [1.54, 1.807) is 11.3 Å². The second-order valence-electron chi connectivity index (χ2n) is 6.48. The Morgan fingerprint density at radius 2 is 2.20 bits per heavy atom. The molecule has 1 aromatic rings. The highest BCUT2D eigenvalue weighted by molar-refractivity contribution is 7.07. The highest BCUT2D eigenvalue weighted by atomic mass is 32.1. The van der Waals surface area contributed by atoms with Crippen molar-refractivity contribution >= 4 is 17.2 Å². The van der Waals surface area contributed by atoms with Crippen LogP contribution in [0, 0.1) is 5.92 Å². The van der Waals surface area contributed by atoms with Gasteiger partial charge in [0, 0.05) is 24.5 Å². The second kappa shape index (κ2) is 6.27. The molecule has 0 aliphatic carbocycles. The fraction of sp³-hybridized carbons (Fsp3) is 0.688. The van der Waals surface area contributed by atoms with Gasteiger partial charge in [-0.05, 0) is 67.3 Å². The lowest BCUT2D eigenvalue weighted by molar-refractivity contribution is -0.122. The van der Waals surface area contributed by atoms with Gasteiger partial charge in [0.1, 0.15) is 0 Å². The minimum Gasteiger partial charge on any atom is -0.353 e. The summed E-state index contributed by atoms with van der Waals surface area (Å²) in [5, 5.41) is 11.0. The third-order valence-electron chi connectivity index (χ3n) is 4.57. The molecule has 3 nitrogen and oxygen atoms in total. The molecular weight excluding hydrogens is 268 g/mol. The predicted molar refractivity (Wildman–Crippen MR) is 82.9 cm³/mol. The maximum absolute atomic E-state index is 12.2. The number of carbonyl (C=O) groups excluding carboxylic acids is 1. The Kier molecular flexibility index (Phi) is 4.41. The van der Waals surface area contributed by atoms with Gasteiger partial charge in [-0.3, -0.25) is 4.79 Å². The van der Waals surface area contributed by atoms with E-state index in [2.05, 4.69) is 34.4 Å². The third-order valence-corrected chi connectivity index (χ3v) is 5.31. The van der Waals surface area contributed by atoms with Crippen LogP contribution in [0.25, 0.3) is 0 Å². The number of thiophene rings is 1. The van der Waals surface area contributed by atoms with E-state index in [-0.39, 0.29) is 11.9 Å². The normalized spacial score (nSPS) is 30.1. The third kappa shape index (κ3) is 3.61. The van der Waals surface area contributed by atoms with Gasteiger partial charge in [-0.2, -0.15) is 11.3 Å². The summed E-state index contributed by atoms with van der Waals surface area (Å²) in [6.07, 6.45) is 6.62. The first-order valence-electron chi connectivity index (χ1n) is 7.75. The van der Waals surface area contributed by atoms with E-state index in [1.807, 2.05) is 0 Å². The van der Waals surface area contributed by atoms with Crippen LogP contribution >= 0.6 is 11.3 Å². The molecule has 2 aliphatic rings. The highest BCUT2D eigenvalue weighted by Gasteiger charge is 2.34. The van der Waals surface area contributed by atoms with Crippen LogP contribution in [0.2, 0.25) is 0 Å². The summed E-state index contributed by atoms with van der Waals surface area (Å²) in [5.41, 5.74) is 1.32. The number of piperidine rings is 1. The smallest absolute Gasteiger partial charge is 0.220 e. The van der Waals surface area contributed by atoms with Gasteiger partial charge in [0.15, 0.2) is 0 Å².